The third kappa shape index (κ3) is 9.41. The molecule has 8 nitrogen and oxygen atoms in total. The van der Waals surface area contributed by atoms with E-state index in [9.17, 15) is 19.8 Å². The van der Waals surface area contributed by atoms with Crippen LogP contribution in [0.5, 0.6) is 0 Å². The van der Waals surface area contributed by atoms with Crippen LogP contribution in [0.4, 0.5) is 5.69 Å². The molecule has 3 rings (SSSR count). The molecule has 0 fully saturated rings. The number of benzene rings is 2. The number of unbranched alkanes of at least 4 members (excludes halogenated alkanes) is 4. The average molecular weight is 539 g/mol. The van der Waals surface area contributed by atoms with Gasteiger partial charge in [0, 0.05) is 43.9 Å². The van der Waals surface area contributed by atoms with Gasteiger partial charge in [-0.25, -0.2) is 4.79 Å². The number of carboxylic acid groups (broad SMARTS) is 1. The van der Waals surface area contributed by atoms with Crippen molar-refractivity contribution in [3.63, 3.8) is 0 Å². The maximum Gasteiger partial charge on any atom is 0.335 e. The van der Waals surface area contributed by atoms with Gasteiger partial charge in [-0.3, -0.25) is 4.79 Å². The van der Waals surface area contributed by atoms with Gasteiger partial charge < -0.3 is 29.6 Å². The topological polar surface area (TPSA) is 112 Å². The molecule has 212 valence electrons. The summed E-state index contributed by atoms with van der Waals surface area (Å²) in [5, 5.41) is 23.9. The number of aryl methyl sites for hydroxylation is 3. The van der Waals surface area contributed by atoms with Crippen molar-refractivity contribution >= 4 is 28.5 Å². The van der Waals surface area contributed by atoms with E-state index in [1.54, 1.807) is 13.3 Å². The molecule has 3 N–H and O–H groups in total. The van der Waals surface area contributed by atoms with E-state index in [0.29, 0.717) is 13.0 Å². The molecule has 8 heteroatoms. The Morgan fingerprint density at radius 1 is 0.974 bits per heavy atom. The molecule has 0 aliphatic rings. The largest absolute Gasteiger partial charge is 0.479 e. The van der Waals surface area contributed by atoms with E-state index in [1.807, 2.05) is 24.3 Å². The number of aliphatic carboxylic acids is 1. The number of carbonyl (C=O) groups is 2. The minimum absolute atomic E-state index is 0.219. The van der Waals surface area contributed by atoms with Crippen molar-refractivity contribution in [1.82, 2.24) is 4.90 Å². The fourth-order valence-electron chi connectivity index (χ4n) is 4.48. The predicted molar refractivity (Wildman–Crippen MR) is 153 cm³/mol. The molecule has 1 aromatic heterocycles. The Morgan fingerprint density at radius 2 is 1.77 bits per heavy atom. The first kappa shape index (κ1) is 30.2. The van der Waals surface area contributed by atoms with Crippen molar-refractivity contribution in [1.29, 1.82) is 0 Å². The van der Waals surface area contributed by atoms with Gasteiger partial charge in [0.1, 0.15) is 5.58 Å². The number of aliphatic hydroxyl groups excluding tert-OH is 1. The van der Waals surface area contributed by atoms with Crippen LogP contribution >= 0.6 is 0 Å². The number of aliphatic hydroxyl groups is 1. The van der Waals surface area contributed by atoms with Crippen LogP contribution in [0.1, 0.15) is 55.2 Å². The summed E-state index contributed by atoms with van der Waals surface area (Å²) >= 11 is 0. The van der Waals surface area contributed by atoms with E-state index in [4.69, 9.17) is 9.15 Å². The lowest BCUT2D eigenvalue weighted by Gasteiger charge is -2.25. The quantitative estimate of drug-likeness (QED) is 0.199. The molecular weight excluding hydrogens is 496 g/mol. The van der Waals surface area contributed by atoms with E-state index in [1.165, 1.54) is 21.6 Å². The zero-order chi connectivity index (χ0) is 28.2. The van der Waals surface area contributed by atoms with Gasteiger partial charge in [-0.2, -0.15) is 0 Å². The molecule has 0 aliphatic carbocycles. The number of ether oxygens (including phenoxy) is 1. The Bertz CT molecular complexity index is 1210. The summed E-state index contributed by atoms with van der Waals surface area (Å²) < 4.78 is 11.0. The van der Waals surface area contributed by atoms with Crippen molar-refractivity contribution in [3.8, 4) is 0 Å². The molecule has 1 amide bonds. The van der Waals surface area contributed by atoms with Crippen molar-refractivity contribution in [2.24, 2.45) is 0 Å². The molecule has 39 heavy (non-hydrogen) atoms. The van der Waals surface area contributed by atoms with Gasteiger partial charge in [0.2, 0.25) is 0 Å². The highest BCUT2D eigenvalue weighted by Crippen LogP contribution is 2.20. The van der Waals surface area contributed by atoms with E-state index in [2.05, 4.69) is 37.4 Å². The summed E-state index contributed by atoms with van der Waals surface area (Å²) in [5.41, 5.74) is 5.70. The first-order valence-corrected chi connectivity index (χ1v) is 13.8. The highest BCUT2D eigenvalue weighted by molar-refractivity contribution is 5.87. The van der Waals surface area contributed by atoms with Gasteiger partial charge in [0.05, 0.1) is 6.26 Å². The number of hydrogen-bond donors (Lipinski definition) is 3. The maximum absolute atomic E-state index is 12.9. The van der Waals surface area contributed by atoms with Gasteiger partial charge >= 0.3 is 5.97 Å². The van der Waals surface area contributed by atoms with Crippen LogP contribution in [0, 0.1) is 13.8 Å². The maximum atomic E-state index is 12.9. The first-order valence-electron chi connectivity index (χ1n) is 13.8. The highest BCUT2D eigenvalue weighted by Gasteiger charge is 2.34. The van der Waals surface area contributed by atoms with E-state index in [-0.39, 0.29) is 6.61 Å². The summed E-state index contributed by atoms with van der Waals surface area (Å²) in [6.07, 6.45) is 4.43. The molecule has 3 aromatic rings. The van der Waals surface area contributed by atoms with Gasteiger partial charge in [-0.15, -0.1) is 0 Å². The molecule has 0 bridgehead atoms. The Kier molecular flexibility index (Phi) is 11.8. The van der Waals surface area contributed by atoms with Crippen molar-refractivity contribution in [3.05, 3.63) is 65.4 Å². The van der Waals surface area contributed by atoms with Crippen molar-refractivity contribution in [2.75, 3.05) is 32.1 Å². The third-order valence-electron chi connectivity index (χ3n) is 7.09. The van der Waals surface area contributed by atoms with Gasteiger partial charge in [0.25, 0.3) is 5.91 Å². The molecule has 0 saturated heterocycles. The summed E-state index contributed by atoms with van der Waals surface area (Å²) in [6.45, 7) is 5.67. The van der Waals surface area contributed by atoms with Crippen LogP contribution in [0.2, 0.25) is 0 Å². The minimum Gasteiger partial charge on any atom is -0.479 e. The lowest BCUT2D eigenvalue weighted by Crippen LogP contribution is -2.48. The fraction of sp³-hybridized carbons (Fsp3) is 0.484. The van der Waals surface area contributed by atoms with Gasteiger partial charge in [-0.05, 0) is 87.3 Å². The molecule has 0 aliphatic heterocycles. The smallest absolute Gasteiger partial charge is 0.335 e. The van der Waals surface area contributed by atoms with E-state index < -0.39 is 24.1 Å². The summed E-state index contributed by atoms with van der Waals surface area (Å²) in [7, 11) is 1.62. The number of carboxylic acids is 1. The van der Waals surface area contributed by atoms with Crippen molar-refractivity contribution in [2.45, 2.75) is 71.0 Å². The first-order chi connectivity index (χ1) is 18.8. The lowest BCUT2D eigenvalue weighted by atomic mass is 10.0. The predicted octanol–water partition coefficient (Wildman–Crippen LogP) is 5.33. The Labute approximate surface area is 231 Å². The molecule has 2 aromatic carbocycles. The molecule has 0 spiro atoms. The second-order valence-corrected chi connectivity index (χ2v) is 10.2. The van der Waals surface area contributed by atoms with Crippen LogP contribution in [0.25, 0.3) is 11.0 Å². The molecular formula is C31H42N2O6. The molecule has 2 atom stereocenters. The van der Waals surface area contributed by atoms with E-state index >= 15 is 0 Å². The number of anilines is 1. The number of carbonyl (C=O) groups excluding carboxylic acids is 1. The number of rotatable bonds is 17. The Balaban J connectivity index is 1.34. The van der Waals surface area contributed by atoms with Crippen LogP contribution in [-0.2, 0) is 20.7 Å². The Morgan fingerprint density at radius 3 is 2.54 bits per heavy atom. The minimum atomic E-state index is -1.90. The fourth-order valence-corrected chi connectivity index (χ4v) is 4.48. The standard InChI is InChI=1S/C31H42N2O6/c1-22-11-12-24(20-23(22)2)10-6-4-9-18-39-29(28(34)31(36)37)30(35)33(3)17-8-5-7-16-32-26-14-13-25-15-19-38-27(25)21-26/h11-15,19-21,28-29,32,34H,4-10,16-18H2,1-3H3,(H,36,37). The van der Waals surface area contributed by atoms with Gasteiger partial charge in [0.15, 0.2) is 12.2 Å². The SMILES string of the molecule is Cc1ccc(CCCCCOC(C(=O)N(C)CCCCCNc2ccc3ccoc3c2)C(O)C(=O)O)cc1C. The Hall–Kier alpha value is -3.36. The normalized spacial score (nSPS) is 12.8. The van der Waals surface area contributed by atoms with Crippen LogP contribution in [0.15, 0.2) is 53.1 Å². The summed E-state index contributed by atoms with van der Waals surface area (Å²) in [5.74, 6) is -1.97. The zero-order valence-corrected chi connectivity index (χ0v) is 23.3. The molecule has 0 radical (unpaired) electrons. The second-order valence-electron chi connectivity index (χ2n) is 10.2. The number of hydrogen-bond acceptors (Lipinski definition) is 6. The summed E-state index contributed by atoms with van der Waals surface area (Å²) in [6, 6.07) is 14.4. The van der Waals surface area contributed by atoms with Crippen LogP contribution < -0.4 is 5.32 Å². The molecule has 0 saturated carbocycles. The zero-order valence-electron chi connectivity index (χ0n) is 23.3. The number of nitrogens with one attached hydrogen (secondary N) is 1. The number of nitrogens with zero attached hydrogens (tertiary/aromatic N) is 1. The summed E-state index contributed by atoms with van der Waals surface area (Å²) in [4.78, 5) is 25.8. The van der Waals surface area contributed by atoms with E-state index in [0.717, 1.165) is 61.7 Å². The van der Waals surface area contributed by atoms with Crippen LogP contribution in [0.3, 0.4) is 0 Å². The van der Waals surface area contributed by atoms with Crippen LogP contribution in [-0.4, -0.2) is 65.9 Å². The molecule has 1 heterocycles. The number of fused-ring (bicyclic) bond motifs is 1. The second kappa shape index (κ2) is 15.3. The average Bonchev–Trinajstić information content (AvgIpc) is 3.39. The monoisotopic (exact) mass is 538 g/mol. The molecule has 2 unspecified atom stereocenters. The lowest BCUT2D eigenvalue weighted by molar-refractivity contribution is -0.166. The third-order valence-corrected chi connectivity index (χ3v) is 7.09. The van der Waals surface area contributed by atoms with Crippen molar-refractivity contribution < 1.29 is 29.0 Å². The highest BCUT2D eigenvalue weighted by atomic mass is 16.5. The number of likely N-dealkylation sites (N-methyl/N-ethyl adjacent to an activating group) is 1. The van der Waals surface area contributed by atoms with Gasteiger partial charge in [-0.1, -0.05) is 24.6 Å². The number of furan rings is 1. The number of amides is 1.